The van der Waals surface area contributed by atoms with Crippen molar-refractivity contribution < 1.29 is 14.3 Å². The van der Waals surface area contributed by atoms with Gasteiger partial charge in [-0.3, -0.25) is 4.79 Å². The Morgan fingerprint density at radius 2 is 2.47 bits per heavy atom. The van der Waals surface area contributed by atoms with Crippen LogP contribution in [0.2, 0.25) is 0 Å². The third kappa shape index (κ3) is 3.89. The minimum absolute atomic E-state index is 0.0297. The molecule has 0 aliphatic heterocycles. The van der Waals surface area contributed by atoms with Gasteiger partial charge in [-0.2, -0.15) is 0 Å². The van der Waals surface area contributed by atoms with Crippen LogP contribution < -0.4 is 0 Å². The average molecular weight is 280 g/mol. The zero-order valence-corrected chi connectivity index (χ0v) is 11.5. The Morgan fingerprint density at radius 3 is 3.16 bits per heavy atom. The van der Waals surface area contributed by atoms with E-state index in [1.165, 1.54) is 11.8 Å². The SMILES string of the molecule is CC(CCc1ccco1)n1ccnc1SCC(=O)O. The minimum atomic E-state index is -0.831. The van der Waals surface area contributed by atoms with E-state index in [1.54, 1.807) is 12.5 Å². The largest absolute Gasteiger partial charge is 0.481 e. The van der Waals surface area contributed by atoms with Gasteiger partial charge in [-0.05, 0) is 25.5 Å². The van der Waals surface area contributed by atoms with E-state index in [0.717, 1.165) is 23.8 Å². The van der Waals surface area contributed by atoms with Crippen molar-refractivity contribution in [2.75, 3.05) is 5.75 Å². The molecule has 5 nitrogen and oxygen atoms in total. The lowest BCUT2D eigenvalue weighted by molar-refractivity contribution is -0.133. The number of imidazole rings is 1. The molecule has 2 aromatic rings. The van der Waals surface area contributed by atoms with Crippen molar-refractivity contribution in [3.05, 3.63) is 36.5 Å². The number of carbonyl (C=O) groups is 1. The van der Waals surface area contributed by atoms with E-state index in [-0.39, 0.29) is 11.8 Å². The van der Waals surface area contributed by atoms with Crippen molar-refractivity contribution in [1.29, 1.82) is 0 Å². The van der Waals surface area contributed by atoms with E-state index < -0.39 is 5.97 Å². The summed E-state index contributed by atoms with van der Waals surface area (Å²) in [6, 6.07) is 4.09. The summed E-state index contributed by atoms with van der Waals surface area (Å²) in [6.45, 7) is 2.09. The predicted molar refractivity (Wildman–Crippen MR) is 72.3 cm³/mol. The number of thioether (sulfide) groups is 1. The Labute approximate surface area is 115 Å². The summed E-state index contributed by atoms with van der Waals surface area (Å²) in [6.07, 6.45) is 7.04. The molecule has 0 bridgehead atoms. The van der Waals surface area contributed by atoms with Crippen LogP contribution in [-0.2, 0) is 11.2 Å². The van der Waals surface area contributed by atoms with Crippen LogP contribution in [0.25, 0.3) is 0 Å². The lowest BCUT2D eigenvalue weighted by Crippen LogP contribution is -2.08. The quantitative estimate of drug-likeness (QED) is 0.790. The molecule has 2 aromatic heterocycles. The van der Waals surface area contributed by atoms with Crippen molar-refractivity contribution in [1.82, 2.24) is 9.55 Å². The van der Waals surface area contributed by atoms with Crippen molar-refractivity contribution in [3.8, 4) is 0 Å². The Hall–Kier alpha value is -1.69. The van der Waals surface area contributed by atoms with Gasteiger partial charge in [0.05, 0.1) is 12.0 Å². The molecular weight excluding hydrogens is 264 g/mol. The number of hydrogen-bond donors (Lipinski definition) is 1. The molecule has 2 heterocycles. The molecule has 0 aliphatic rings. The van der Waals surface area contributed by atoms with Crippen molar-refractivity contribution in [2.45, 2.75) is 31.0 Å². The molecule has 2 rings (SSSR count). The summed E-state index contributed by atoms with van der Waals surface area (Å²) in [5, 5.41) is 9.44. The highest BCUT2D eigenvalue weighted by atomic mass is 32.2. The zero-order chi connectivity index (χ0) is 13.7. The van der Waals surface area contributed by atoms with E-state index in [4.69, 9.17) is 9.52 Å². The van der Waals surface area contributed by atoms with E-state index in [9.17, 15) is 4.79 Å². The van der Waals surface area contributed by atoms with E-state index in [2.05, 4.69) is 11.9 Å². The fraction of sp³-hybridized carbons (Fsp3) is 0.385. The van der Waals surface area contributed by atoms with Crippen LogP contribution in [0.4, 0.5) is 0 Å². The maximum absolute atomic E-state index is 10.6. The van der Waals surface area contributed by atoms with Crippen molar-refractivity contribution >= 4 is 17.7 Å². The number of furan rings is 1. The van der Waals surface area contributed by atoms with Crippen LogP contribution >= 0.6 is 11.8 Å². The first-order valence-electron chi connectivity index (χ1n) is 6.06. The normalized spacial score (nSPS) is 12.5. The Morgan fingerprint density at radius 1 is 1.63 bits per heavy atom. The third-order valence-corrected chi connectivity index (χ3v) is 3.79. The summed E-state index contributed by atoms with van der Waals surface area (Å²) in [4.78, 5) is 14.8. The van der Waals surface area contributed by atoms with Gasteiger partial charge in [-0.1, -0.05) is 11.8 Å². The molecule has 0 fully saturated rings. The first kappa shape index (κ1) is 13.7. The van der Waals surface area contributed by atoms with Crippen LogP contribution in [0.5, 0.6) is 0 Å². The Kier molecular flexibility index (Phi) is 4.68. The van der Waals surface area contributed by atoms with Gasteiger partial charge in [0.15, 0.2) is 5.16 Å². The van der Waals surface area contributed by atoms with Gasteiger partial charge in [0.25, 0.3) is 0 Å². The third-order valence-electron chi connectivity index (χ3n) is 2.82. The van der Waals surface area contributed by atoms with Gasteiger partial charge in [-0.15, -0.1) is 0 Å². The molecule has 102 valence electrons. The zero-order valence-electron chi connectivity index (χ0n) is 10.7. The fourth-order valence-electron chi connectivity index (χ4n) is 1.82. The second-order valence-corrected chi connectivity index (χ2v) is 5.21. The standard InChI is InChI=1S/C13H16N2O3S/c1-10(4-5-11-3-2-8-18-11)15-7-6-14-13(15)19-9-12(16)17/h2-3,6-8,10H,4-5,9H2,1H3,(H,16,17). The molecule has 0 aromatic carbocycles. The average Bonchev–Trinajstić information content (AvgIpc) is 3.04. The number of nitrogens with zero attached hydrogens (tertiary/aromatic N) is 2. The molecule has 6 heteroatoms. The topological polar surface area (TPSA) is 68.3 Å². The smallest absolute Gasteiger partial charge is 0.313 e. The van der Waals surface area contributed by atoms with Crippen molar-refractivity contribution in [2.24, 2.45) is 0 Å². The Bertz CT molecular complexity index is 522. The molecule has 19 heavy (non-hydrogen) atoms. The molecule has 0 saturated heterocycles. The number of aromatic nitrogens is 2. The molecule has 1 unspecified atom stereocenters. The summed E-state index contributed by atoms with van der Waals surface area (Å²) < 4.78 is 7.31. The summed E-state index contributed by atoms with van der Waals surface area (Å²) in [5.41, 5.74) is 0. The number of aliphatic carboxylic acids is 1. The van der Waals surface area contributed by atoms with Gasteiger partial charge in [-0.25, -0.2) is 4.98 Å². The van der Waals surface area contributed by atoms with Gasteiger partial charge in [0, 0.05) is 24.9 Å². The van der Waals surface area contributed by atoms with E-state index in [1.807, 2.05) is 22.9 Å². The van der Waals surface area contributed by atoms with Crippen molar-refractivity contribution in [3.63, 3.8) is 0 Å². The van der Waals surface area contributed by atoms with Crippen LogP contribution in [0.15, 0.2) is 40.4 Å². The molecule has 0 saturated carbocycles. The summed E-state index contributed by atoms with van der Waals surface area (Å²) in [7, 11) is 0. The molecule has 1 N–H and O–H groups in total. The summed E-state index contributed by atoms with van der Waals surface area (Å²) >= 11 is 1.24. The van der Waals surface area contributed by atoms with Gasteiger partial charge < -0.3 is 14.1 Å². The van der Waals surface area contributed by atoms with Crippen LogP contribution in [-0.4, -0.2) is 26.4 Å². The first-order chi connectivity index (χ1) is 9.16. The van der Waals surface area contributed by atoms with Crippen LogP contribution in [0, 0.1) is 0 Å². The Balaban J connectivity index is 1.93. The second kappa shape index (κ2) is 6.47. The highest BCUT2D eigenvalue weighted by Crippen LogP contribution is 2.23. The number of aryl methyl sites for hydroxylation is 1. The predicted octanol–water partition coefficient (Wildman–Crippen LogP) is 2.85. The highest BCUT2D eigenvalue weighted by Gasteiger charge is 2.12. The van der Waals surface area contributed by atoms with Crippen LogP contribution in [0.3, 0.4) is 0 Å². The monoisotopic (exact) mass is 280 g/mol. The maximum atomic E-state index is 10.6. The molecule has 0 radical (unpaired) electrons. The molecule has 0 amide bonds. The van der Waals surface area contributed by atoms with Crippen LogP contribution in [0.1, 0.15) is 25.1 Å². The lowest BCUT2D eigenvalue weighted by atomic mass is 10.1. The van der Waals surface area contributed by atoms with E-state index >= 15 is 0 Å². The minimum Gasteiger partial charge on any atom is -0.481 e. The lowest BCUT2D eigenvalue weighted by Gasteiger charge is -2.15. The molecule has 0 aliphatic carbocycles. The number of carboxylic acid groups (broad SMARTS) is 1. The molecule has 1 atom stereocenters. The second-order valence-electron chi connectivity index (χ2n) is 4.27. The first-order valence-corrected chi connectivity index (χ1v) is 7.05. The number of hydrogen-bond acceptors (Lipinski definition) is 4. The van der Waals surface area contributed by atoms with E-state index in [0.29, 0.717) is 0 Å². The molecule has 0 spiro atoms. The summed E-state index contributed by atoms with van der Waals surface area (Å²) in [5.74, 6) is 0.163. The van der Waals surface area contributed by atoms with Gasteiger partial charge in [0.2, 0.25) is 0 Å². The highest BCUT2D eigenvalue weighted by molar-refractivity contribution is 7.99. The maximum Gasteiger partial charge on any atom is 0.313 e. The molecular formula is C13H16N2O3S. The number of carboxylic acids is 1. The fourth-order valence-corrected chi connectivity index (χ4v) is 2.60. The van der Waals surface area contributed by atoms with Gasteiger partial charge >= 0.3 is 5.97 Å². The van der Waals surface area contributed by atoms with Gasteiger partial charge in [0.1, 0.15) is 5.76 Å². The number of rotatable bonds is 7.